The van der Waals surface area contributed by atoms with Crippen LogP contribution in [0, 0.1) is 29.1 Å². The number of carbonyl (C=O) groups excluding carboxylic acids is 4. The van der Waals surface area contributed by atoms with Gasteiger partial charge in [-0.3, -0.25) is 19.7 Å². The minimum absolute atomic E-state index is 0.0226. The van der Waals surface area contributed by atoms with Crippen molar-refractivity contribution in [3.8, 4) is 0 Å². The summed E-state index contributed by atoms with van der Waals surface area (Å²) in [7, 11) is 0. The third kappa shape index (κ3) is 4.47. The van der Waals surface area contributed by atoms with Crippen molar-refractivity contribution in [3.63, 3.8) is 0 Å². The van der Waals surface area contributed by atoms with E-state index in [1.54, 1.807) is 13.8 Å². The number of nitrogens with one attached hydrogen (secondary N) is 2. The number of primary amides is 1. The van der Waals surface area contributed by atoms with Crippen LogP contribution < -0.4 is 16.4 Å². The number of urea groups is 1. The van der Waals surface area contributed by atoms with Crippen LogP contribution in [0.3, 0.4) is 0 Å². The summed E-state index contributed by atoms with van der Waals surface area (Å²) in [5.74, 6) is 0.446. The van der Waals surface area contributed by atoms with E-state index in [4.69, 9.17) is 10.5 Å². The molecule has 0 unspecified atom stereocenters. The average molecular weight is 393 g/mol. The topological polar surface area (TPSA) is 128 Å². The highest BCUT2D eigenvalue weighted by atomic mass is 16.5. The van der Waals surface area contributed by atoms with E-state index in [0.717, 1.165) is 19.3 Å². The summed E-state index contributed by atoms with van der Waals surface area (Å²) in [6.07, 6.45) is 5.59. The van der Waals surface area contributed by atoms with E-state index >= 15 is 0 Å². The molecule has 4 bridgehead atoms. The Balaban J connectivity index is 1.46. The van der Waals surface area contributed by atoms with Crippen molar-refractivity contribution in [2.75, 3.05) is 6.54 Å². The Morgan fingerprint density at radius 3 is 2.04 bits per heavy atom. The van der Waals surface area contributed by atoms with Gasteiger partial charge in [0.2, 0.25) is 5.91 Å². The first-order valence-corrected chi connectivity index (χ1v) is 10.3. The Morgan fingerprint density at radius 1 is 1.04 bits per heavy atom. The second-order valence-electron chi connectivity index (χ2n) is 9.21. The van der Waals surface area contributed by atoms with Gasteiger partial charge in [0.15, 0.2) is 6.10 Å². The second-order valence-corrected chi connectivity index (χ2v) is 9.21. The zero-order valence-electron chi connectivity index (χ0n) is 16.7. The third-order valence-electron chi connectivity index (χ3n) is 6.50. The summed E-state index contributed by atoms with van der Waals surface area (Å²) >= 11 is 0. The number of nitrogens with two attached hydrogens (primary N) is 1. The second kappa shape index (κ2) is 8.09. The Hall–Kier alpha value is -2.12. The molecule has 0 spiro atoms. The van der Waals surface area contributed by atoms with Crippen LogP contribution in [-0.2, 0) is 19.1 Å². The molecule has 4 saturated carbocycles. The zero-order valence-corrected chi connectivity index (χ0v) is 16.7. The van der Waals surface area contributed by atoms with E-state index in [1.165, 1.54) is 19.3 Å². The minimum atomic E-state index is -1.10. The summed E-state index contributed by atoms with van der Waals surface area (Å²) in [4.78, 5) is 47.7. The van der Waals surface area contributed by atoms with E-state index < -0.39 is 24.0 Å². The first-order valence-electron chi connectivity index (χ1n) is 10.3. The van der Waals surface area contributed by atoms with Crippen molar-refractivity contribution >= 4 is 23.8 Å². The molecule has 28 heavy (non-hydrogen) atoms. The van der Waals surface area contributed by atoms with Crippen LogP contribution in [0.25, 0.3) is 0 Å². The Kier molecular flexibility index (Phi) is 5.95. The fraction of sp³-hybridized carbons (Fsp3) is 0.800. The molecule has 156 valence electrons. The van der Waals surface area contributed by atoms with Crippen LogP contribution in [0.1, 0.15) is 58.8 Å². The van der Waals surface area contributed by atoms with Crippen molar-refractivity contribution in [1.82, 2.24) is 10.6 Å². The van der Waals surface area contributed by atoms with Crippen molar-refractivity contribution in [2.45, 2.75) is 64.9 Å². The van der Waals surface area contributed by atoms with Gasteiger partial charge in [-0.25, -0.2) is 4.79 Å². The molecule has 4 aliphatic rings. The molecule has 4 rings (SSSR count). The van der Waals surface area contributed by atoms with Gasteiger partial charge in [0, 0.05) is 12.0 Å². The van der Waals surface area contributed by atoms with Gasteiger partial charge in [-0.05, 0) is 62.2 Å². The van der Waals surface area contributed by atoms with Crippen molar-refractivity contribution < 1.29 is 23.9 Å². The maximum Gasteiger partial charge on any atom is 0.318 e. The smallest absolute Gasteiger partial charge is 0.318 e. The molecule has 4 fully saturated rings. The number of rotatable bonds is 7. The molecule has 1 atom stereocenters. The van der Waals surface area contributed by atoms with E-state index in [9.17, 15) is 19.2 Å². The normalized spacial score (nSPS) is 31.3. The molecule has 4 N–H and O–H groups in total. The fourth-order valence-electron chi connectivity index (χ4n) is 5.74. The lowest BCUT2D eigenvalue weighted by Gasteiger charge is -2.55. The first kappa shape index (κ1) is 20.6. The number of hydrogen-bond donors (Lipinski definition) is 3. The number of ether oxygens (including phenoxy) is 1. The van der Waals surface area contributed by atoms with Crippen LogP contribution in [-0.4, -0.2) is 36.5 Å². The van der Waals surface area contributed by atoms with Crippen molar-refractivity contribution in [2.24, 2.45) is 34.8 Å². The summed E-state index contributed by atoms with van der Waals surface area (Å²) in [6, 6.07) is -0.991. The molecule has 0 aromatic rings. The van der Waals surface area contributed by atoms with E-state index in [2.05, 4.69) is 5.32 Å². The molecular formula is C20H31N3O5. The molecule has 0 aromatic heterocycles. The van der Waals surface area contributed by atoms with Gasteiger partial charge >= 0.3 is 12.0 Å². The predicted molar refractivity (Wildman–Crippen MR) is 101 cm³/mol. The highest BCUT2D eigenvalue weighted by molar-refractivity contribution is 5.96. The summed E-state index contributed by atoms with van der Waals surface area (Å²) in [5.41, 5.74) is 4.69. The number of amides is 4. The largest absolute Gasteiger partial charge is 0.452 e. The molecule has 8 nitrogen and oxygen atoms in total. The monoisotopic (exact) mass is 393 g/mol. The van der Waals surface area contributed by atoms with E-state index in [-0.39, 0.29) is 30.2 Å². The highest BCUT2D eigenvalue weighted by Gasteiger charge is 2.54. The number of carbonyl (C=O) groups is 4. The van der Waals surface area contributed by atoms with Crippen LogP contribution in [0.4, 0.5) is 4.79 Å². The third-order valence-corrected chi connectivity index (χ3v) is 6.50. The van der Waals surface area contributed by atoms with E-state index in [0.29, 0.717) is 17.8 Å². The summed E-state index contributed by atoms with van der Waals surface area (Å²) < 4.78 is 5.20. The lowest BCUT2D eigenvalue weighted by molar-refractivity contribution is -0.158. The molecule has 0 radical (unpaired) electrons. The van der Waals surface area contributed by atoms with Crippen LogP contribution >= 0.6 is 0 Å². The van der Waals surface area contributed by atoms with Gasteiger partial charge in [0.05, 0.1) is 6.42 Å². The van der Waals surface area contributed by atoms with Gasteiger partial charge in [0.25, 0.3) is 5.91 Å². The molecule has 0 aliphatic heterocycles. The standard InChI is InChI=1S/C20H31N3O5/c1-11(2)16(17(25)23-19(21)27)28-15(24)3-4-22-18(26)20-8-12-5-13(9-20)7-14(6-12)10-20/h11-14,16H,3-10H2,1-2H3,(H,22,26)(H3,21,23,25,27)/t12?,13?,14?,16-,20?/m1/s1. The molecule has 0 saturated heterocycles. The number of hydrogen-bond acceptors (Lipinski definition) is 5. The summed E-state index contributed by atoms with van der Waals surface area (Å²) in [5, 5.41) is 4.85. The van der Waals surface area contributed by atoms with Crippen LogP contribution in [0.5, 0.6) is 0 Å². The van der Waals surface area contributed by atoms with Gasteiger partial charge in [-0.15, -0.1) is 0 Å². The van der Waals surface area contributed by atoms with Crippen LogP contribution in [0.2, 0.25) is 0 Å². The molecule has 4 aliphatic carbocycles. The lowest BCUT2D eigenvalue weighted by Crippen LogP contribution is -2.53. The molecule has 4 amide bonds. The van der Waals surface area contributed by atoms with Crippen LogP contribution in [0.15, 0.2) is 0 Å². The lowest BCUT2D eigenvalue weighted by atomic mass is 9.49. The van der Waals surface area contributed by atoms with Gasteiger partial charge in [-0.2, -0.15) is 0 Å². The Labute approximate surface area is 165 Å². The Bertz CT molecular complexity index is 625. The molecular weight excluding hydrogens is 362 g/mol. The average Bonchev–Trinajstić information content (AvgIpc) is 2.57. The van der Waals surface area contributed by atoms with E-state index in [1.807, 2.05) is 5.32 Å². The molecule has 0 aromatic carbocycles. The van der Waals surface area contributed by atoms with Gasteiger partial charge < -0.3 is 15.8 Å². The number of esters is 1. The maximum absolute atomic E-state index is 12.9. The summed E-state index contributed by atoms with van der Waals surface area (Å²) in [6.45, 7) is 3.59. The van der Waals surface area contributed by atoms with Crippen molar-refractivity contribution in [3.05, 3.63) is 0 Å². The zero-order chi connectivity index (χ0) is 20.5. The fourth-order valence-corrected chi connectivity index (χ4v) is 5.74. The minimum Gasteiger partial charge on any atom is -0.452 e. The predicted octanol–water partition coefficient (Wildman–Crippen LogP) is 1.47. The first-order chi connectivity index (χ1) is 13.2. The molecule has 0 heterocycles. The number of imide groups is 1. The van der Waals surface area contributed by atoms with Crippen molar-refractivity contribution in [1.29, 1.82) is 0 Å². The maximum atomic E-state index is 12.9. The van der Waals surface area contributed by atoms with Gasteiger partial charge in [0.1, 0.15) is 0 Å². The van der Waals surface area contributed by atoms with Gasteiger partial charge in [-0.1, -0.05) is 13.8 Å². The quantitative estimate of drug-likeness (QED) is 0.564. The SMILES string of the molecule is CC(C)[C@@H](OC(=O)CCNC(=O)C12CC3CC(CC(C3)C1)C2)C(=O)NC(N)=O. The molecule has 8 heteroatoms. The highest BCUT2D eigenvalue weighted by Crippen LogP contribution is 2.60. The Morgan fingerprint density at radius 2 is 1.57 bits per heavy atom.